The molecule has 2 aromatic carbocycles. The number of nitrogens with one attached hydrogen (secondary N) is 1. The zero-order chi connectivity index (χ0) is 18.7. The van der Waals surface area contributed by atoms with Crippen molar-refractivity contribution >= 4 is 5.91 Å². The molecule has 0 spiro atoms. The van der Waals surface area contributed by atoms with Gasteiger partial charge < -0.3 is 5.32 Å². The molecule has 1 unspecified atom stereocenters. The van der Waals surface area contributed by atoms with Gasteiger partial charge in [-0.15, -0.1) is 0 Å². The minimum absolute atomic E-state index is 0.00826. The Morgan fingerprint density at radius 1 is 1.00 bits per heavy atom. The number of benzene rings is 2. The Hall–Kier alpha value is -2.13. The van der Waals surface area contributed by atoms with E-state index in [-0.39, 0.29) is 11.9 Å². The topological polar surface area (TPSA) is 32.3 Å². The van der Waals surface area contributed by atoms with Crippen LogP contribution in [0.25, 0.3) is 0 Å². The van der Waals surface area contributed by atoms with E-state index < -0.39 is 0 Å². The van der Waals surface area contributed by atoms with Crippen molar-refractivity contribution < 1.29 is 4.79 Å². The maximum Gasteiger partial charge on any atom is 0.251 e. The summed E-state index contributed by atoms with van der Waals surface area (Å²) >= 11 is 0. The molecule has 3 heteroatoms. The SMILES string of the molecule is Cc1cc(C)c(C(C)NC(=O)c2ccc(CN3CCCC3)cc2)cc1C. The molecule has 3 rings (SSSR count). The van der Waals surface area contributed by atoms with Crippen molar-refractivity contribution in [1.82, 2.24) is 10.2 Å². The van der Waals surface area contributed by atoms with Crippen LogP contribution in [0.2, 0.25) is 0 Å². The lowest BCUT2D eigenvalue weighted by molar-refractivity contribution is 0.0940. The normalized spacial score (nSPS) is 15.8. The Balaban J connectivity index is 1.64. The van der Waals surface area contributed by atoms with Crippen molar-refractivity contribution in [3.8, 4) is 0 Å². The molecule has 2 aromatic rings. The van der Waals surface area contributed by atoms with Crippen molar-refractivity contribution in [2.45, 2.75) is 53.1 Å². The summed E-state index contributed by atoms with van der Waals surface area (Å²) in [5, 5.41) is 3.14. The third-order valence-electron chi connectivity index (χ3n) is 5.52. The summed E-state index contributed by atoms with van der Waals surface area (Å²) in [5.41, 5.74) is 6.97. The van der Waals surface area contributed by atoms with Gasteiger partial charge in [0.1, 0.15) is 0 Å². The zero-order valence-corrected chi connectivity index (χ0v) is 16.4. The number of nitrogens with zero attached hydrogens (tertiary/aromatic N) is 1. The van der Waals surface area contributed by atoms with Gasteiger partial charge in [-0.2, -0.15) is 0 Å². The first-order valence-corrected chi connectivity index (χ1v) is 9.64. The Kier molecular flexibility index (Phi) is 5.77. The van der Waals surface area contributed by atoms with E-state index in [9.17, 15) is 4.79 Å². The van der Waals surface area contributed by atoms with E-state index >= 15 is 0 Å². The summed E-state index contributed by atoms with van der Waals surface area (Å²) in [5.74, 6) is -0.0112. The highest BCUT2D eigenvalue weighted by Crippen LogP contribution is 2.22. The second-order valence-corrected chi connectivity index (χ2v) is 7.67. The average Bonchev–Trinajstić information content (AvgIpc) is 3.11. The van der Waals surface area contributed by atoms with Crippen LogP contribution in [0.15, 0.2) is 36.4 Å². The van der Waals surface area contributed by atoms with Crippen LogP contribution in [-0.4, -0.2) is 23.9 Å². The van der Waals surface area contributed by atoms with E-state index in [0.717, 1.165) is 12.1 Å². The number of carbonyl (C=O) groups is 1. The highest BCUT2D eigenvalue weighted by molar-refractivity contribution is 5.94. The second kappa shape index (κ2) is 8.05. The molecule has 0 bridgehead atoms. The number of aryl methyl sites for hydroxylation is 3. The summed E-state index contributed by atoms with van der Waals surface area (Å²) < 4.78 is 0. The van der Waals surface area contributed by atoms with Gasteiger partial charge in [-0.25, -0.2) is 0 Å². The van der Waals surface area contributed by atoms with Crippen LogP contribution in [0.4, 0.5) is 0 Å². The van der Waals surface area contributed by atoms with E-state index in [4.69, 9.17) is 0 Å². The number of hydrogen-bond donors (Lipinski definition) is 1. The van der Waals surface area contributed by atoms with Gasteiger partial charge in [0.15, 0.2) is 0 Å². The largest absolute Gasteiger partial charge is 0.346 e. The van der Waals surface area contributed by atoms with Crippen LogP contribution in [0.5, 0.6) is 0 Å². The molecule has 1 N–H and O–H groups in total. The monoisotopic (exact) mass is 350 g/mol. The molecule has 138 valence electrons. The van der Waals surface area contributed by atoms with Crippen molar-refractivity contribution in [2.24, 2.45) is 0 Å². The lowest BCUT2D eigenvalue weighted by atomic mass is 9.96. The van der Waals surface area contributed by atoms with Crippen LogP contribution in [0, 0.1) is 20.8 Å². The summed E-state index contributed by atoms with van der Waals surface area (Å²) in [4.78, 5) is 15.1. The predicted octanol–water partition coefficient (Wildman–Crippen LogP) is 4.70. The molecular weight excluding hydrogens is 320 g/mol. The molecule has 1 aliphatic heterocycles. The first kappa shape index (κ1) is 18.7. The molecule has 1 heterocycles. The third kappa shape index (κ3) is 4.34. The Morgan fingerprint density at radius 2 is 1.62 bits per heavy atom. The number of likely N-dealkylation sites (tertiary alicyclic amines) is 1. The average molecular weight is 351 g/mol. The van der Waals surface area contributed by atoms with E-state index in [1.165, 1.54) is 53.7 Å². The molecule has 0 saturated carbocycles. The standard InChI is InChI=1S/C23H30N2O/c1-16-13-18(3)22(14-17(16)2)19(4)24-23(26)21-9-7-20(8-10-21)15-25-11-5-6-12-25/h7-10,13-14,19H,5-6,11-12,15H2,1-4H3,(H,24,26). The number of rotatable bonds is 5. The van der Waals surface area contributed by atoms with Crippen molar-refractivity contribution in [2.75, 3.05) is 13.1 Å². The maximum atomic E-state index is 12.6. The first-order valence-electron chi connectivity index (χ1n) is 9.64. The maximum absolute atomic E-state index is 12.6. The number of carbonyl (C=O) groups excluding carboxylic acids is 1. The Labute approximate surface area is 157 Å². The van der Waals surface area contributed by atoms with Crippen LogP contribution < -0.4 is 5.32 Å². The summed E-state index contributed by atoms with van der Waals surface area (Å²) in [6.45, 7) is 11.8. The fraction of sp³-hybridized carbons (Fsp3) is 0.435. The van der Waals surface area contributed by atoms with E-state index in [1.807, 2.05) is 12.1 Å². The summed E-state index contributed by atoms with van der Waals surface area (Å²) in [7, 11) is 0. The minimum atomic E-state index is -0.0112. The van der Waals surface area contributed by atoms with Crippen molar-refractivity contribution in [1.29, 1.82) is 0 Å². The minimum Gasteiger partial charge on any atom is -0.346 e. The first-order chi connectivity index (χ1) is 12.4. The molecule has 1 fully saturated rings. The zero-order valence-electron chi connectivity index (χ0n) is 16.4. The number of amides is 1. The molecular formula is C23H30N2O. The fourth-order valence-corrected chi connectivity index (χ4v) is 3.77. The van der Waals surface area contributed by atoms with Gasteiger partial charge in [0.2, 0.25) is 0 Å². The molecule has 1 atom stereocenters. The molecule has 0 radical (unpaired) electrons. The van der Waals surface area contributed by atoms with Crippen LogP contribution in [0.1, 0.15) is 64.0 Å². The molecule has 3 nitrogen and oxygen atoms in total. The number of hydrogen-bond acceptors (Lipinski definition) is 2. The highest BCUT2D eigenvalue weighted by Gasteiger charge is 2.15. The molecule has 0 aliphatic carbocycles. The molecule has 1 amide bonds. The second-order valence-electron chi connectivity index (χ2n) is 7.67. The Bertz CT molecular complexity index is 774. The quantitative estimate of drug-likeness (QED) is 0.848. The van der Waals surface area contributed by atoms with Crippen LogP contribution >= 0.6 is 0 Å². The van der Waals surface area contributed by atoms with Gasteiger partial charge in [0.25, 0.3) is 5.91 Å². The molecule has 26 heavy (non-hydrogen) atoms. The van der Waals surface area contributed by atoms with Crippen molar-refractivity contribution in [3.05, 3.63) is 69.8 Å². The summed E-state index contributed by atoms with van der Waals surface area (Å²) in [6, 6.07) is 12.4. The predicted molar refractivity (Wildman–Crippen MR) is 107 cm³/mol. The molecule has 1 aliphatic rings. The summed E-state index contributed by atoms with van der Waals surface area (Å²) in [6.07, 6.45) is 2.60. The van der Waals surface area contributed by atoms with E-state index in [0.29, 0.717) is 0 Å². The molecule has 0 aromatic heterocycles. The lowest BCUT2D eigenvalue weighted by Crippen LogP contribution is -2.27. The smallest absolute Gasteiger partial charge is 0.251 e. The van der Waals surface area contributed by atoms with Gasteiger partial charge >= 0.3 is 0 Å². The van der Waals surface area contributed by atoms with Crippen molar-refractivity contribution in [3.63, 3.8) is 0 Å². The van der Waals surface area contributed by atoms with Crippen LogP contribution in [0.3, 0.4) is 0 Å². The third-order valence-corrected chi connectivity index (χ3v) is 5.52. The van der Waals surface area contributed by atoms with Gasteiger partial charge in [0.05, 0.1) is 6.04 Å². The van der Waals surface area contributed by atoms with Gasteiger partial charge in [0, 0.05) is 12.1 Å². The van der Waals surface area contributed by atoms with Gasteiger partial charge in [-0.1, -0.05) is 24.3 Å². The fourth-order valence-electron chi connectivity index (χ4n) is 3.77. The van der Waals surface area contributed by atoms with E-state index in [2.05, 4.69) is 62.2 Å². The van der Waals surface area contributed by atoms with E-state index in [1.54, 1.807) is 0 Å². The highest BCUT2D eigenvalue weighted by atomic mass is 16.1. The van der Waals surface area contributed by atoms with Gasteiger partial charge in [-0.3, -0.25) is 9.69 Å². The Morgan fingerprint density at radius 3 is 2.27 bits per heavy atom. The molecule has 1 saturated heterocycles. The lowest BCUT2D eigenvalue weighted by Gasteiger charge is -2.19. The van der Waals surface area contributed by atoms with Crippen LogP contribution in [-0.2, 0) is 6.54 Å². The van der Waals surface area contributed by atoms with Gasteiger partial charge in [-0.05, 0) is 93.6 Å².